The van der Waals surface area contributed by atoms with Gasteiger partial charge in [0.15, 0.2) is 0 Å². The van der Waals surface area contributed by atoms with Crippen LogP contribution >= 0.6 is 11.6 Å². The first kappa shape index (κ1) is 14.0. The number of terminal acetylenes is 1. The molecule has 21 heavy (non-hydrogen) atoms. The van der Waals surface area contributed by atoms with E-state index in [1.807, 2.05) is 29.3 Å². The van der Waals surface area contributed by atoms with E-state index in [2.05, 4.69) is 10.9 Å². The highest BCUT2D eigenvalue weighted by Crippen LogP contribution is 2.27. The van der Waals surface area contributed by atoms with Gasteiger partial charge in [-0.05, 0) is 30.5 Å². The summed E-state index contributed by atoms with van der Waals surface area (Å²) < 4.78 is 0. The zero-order valence-electron chi connectivity index (χ0n) is 11.7. The van der Waals surface area contributed by atoms with Crippen molar-refractivity contribution >= 4 is 28.4 Å². The predicted molar refractivity (Wildman–Crippen MR) is 85.1 cm³/mol. The molecule has 1 aliphatic rings. The van der Waals surface area contributed by atoms with Crippen LogP contribution in [0.4, 0.5) is 0 Å². The minimum Gasteiger partial charge on any atom is -0.361 e. The van der Waals surface area contributed by atoms with Crippen molar-refractivity contribution in [2.24, 2.45) is 5.92 Å². The van der Waals surface area contributed by atoms with E-state index in [1.165, 1.54) is 0 Å². The number of aromatic nitrogens is 1. The summed E-state index contributed by atoms with van der Waals surface area (Å²) in [5.41, 5.74) is 1.91. The van der Waals surface area contributed by atoms with Crippen LogP contribution in [-0.2, 0) is 11.2 Å². The lowest BCUT2D eigenvalue weighted by Crippen LogP contribution is -2.40. The van der Waals surface area contributed by atoms with Crippen molar-refractivity contribution in [3.05, 3.63) is 35.0 Å². The summed E-state index contributed by atoms with van der Waals surface area (Å²) >= 11 is 6.25. The third-order valence-corrected chi connectivity index (χ3v) is 4.40. The van der Waals surface area contributed by atoms with Gasteiger partial charge in [0.2, 0.25) is 5.91 Å². The van der Waals surface area contributed by atoms with Crippen LogP contribution in [-0.4, -0.2) is 28.9 Å². The third kappa shape index (κ3) is 2.77. The summed E-state index contributed by atoms with van der Waals surface area (Å²) in [6, 6.07) is 5.71. The molecule has 1 fully saturated rings. The molecule has 3 nitrogen and oxygen atoms in total. The van der Waals surface area contributed by atoms with Gasteiger partial charge in [0.1, 0.15) is 0 Å². The molecule has 2 heterocycles. The van der Waals surface area contributed by atoms with Crippen molar-refractivity contribution in [3.63, 3.8) is 0 Å². The van der Waals surface area contributed by atoms with Crippen molar-refractivity contribution < 1.29 is 4.79 Å². The van der Waals surface area contributed by atoms with Crippen LogP contribution in [0.25, 0.3) is 10.9 Å². The molecule has 1 aliphatic heterocycles. The van der Waals surface area contributed by atoms with Gasteiger partial charge in [-0.15, -0.1) is 12.3 Å². The minimum atomic E-state index is 0.121. The Hall–Kier alpha value is -1.92. The van der Waals surface area contributed by atoms with Gasteiger partial charge in [0, 0.05) is 36.1 Å². The van der Waals surface area contributed by atoms with Crippen molar-refractivity contribution in [2.45, 2.75) is 19.3 Å². The van der Waals surface area contributed by atoms with E-state index in [4.69, 9.17) is 18.0 Å². The van der Waals surface area contributed by atoms with Gasteiger partial charge >= 0.3 is 0 Å². The summed E-state index contributed by atoms with van der Waals surface area (Å²) in [5.74, 6) is 3.08. The van der Waals surface area contributed by atoms with Crippen LogP contribution in [0.1, 0.15) is 18.4 Å². The first-order valence-electron chi connectivity index (χ1n) is 7.17. The number of nitrogens with one attached hydrogen (secondary N) is 1. The maximum atomic E-state index is 12.5. The molecule has 1 aromatic heterocycles. The Balaban J connectivity index is 1.79. The molecular formula is C17H17ClN2O. The molecule has 0 spiro atoms. The molecule has 1 N–H and O–H groups in total. The van der Waals surface area contributed by atoms with Gasteiger partial charge in [-0.1, -0.05) is 17.7 Å². The first-order chi connectivity index (χ1) is 10.2. The molecule has 4 heteroatoms. The highest BCUT2D eigenvalue weighted by atomic mass is 35.5. The second-order valence-electron chi connectivity index (χ2n) is 5.50. The number of carbonyl (C=O) groups excluding carboxylic acids is 1. The number of halogens is 1. The Labute approximate surface area is 129 Å². The summed E-state index contributed by atoms with van der Waals surface area (Å²) in [4.78, 5) is 17.5. The van der Waals surface area contributed by atoms with Crippen LogP contribution in [0.15, 0.2) is 24.4 Å². The number of H-pyrrole nitrogens is 1. The lowest BCUT2D eigenvalue weighted by molar-refractivity contribution is -0.131. The van der Waals surface area contributed by atoms with E-state index in [1.54, 1.807) is 0 Å². The van der Waals surface area contributed by atoms with Crippen LogP contribution < -0.4 is 0 Å². The number of rotatable bonds is 2. The molecule has 0 saturated carbocycles. The second kappa shape index (κ2) is 5.83. The van der Waals surface area contributed by atoms with Gasteiger partial charge in [-0.3, -0.25) is 4.79 Å². The van der Waals surface area contributed by atoms with Crippen LogP contribution in [0.5, 0.6) is 0 Å². The van der Waals surface area contributed by atoms with Gasteiger partial charge in [-0.2, -0.15) is 0 Å². The van der Waals surface area contributed by atoms with Crippen LogP contribution in [0.3, 0.4) is 0 Å². The fourth-order valence-electron chi connectivity index (χ4n) is 2.96. The fourth-order valence-corrected chi connectivity index (χ4v) is 3.26. The molecule has 0 radical (unpaired) electrons. The second-order valence-corrected chi connectivity index (χ2v) is 5.91. The maximum absolute atomic E-state index is 12.5. The molecule has 3 rings (SSSR count). The Kier molecular flexibility index (Phi) is 3.90. The number of fused-ring (bicyclic) bond motifs is 1. The average molecular weight is 301 g/mol. The quantitative estimate of drug-likeness (QED) is 0.849. The van der Waals surface area contributed by atoms with Gasteiger partial charge in [0.05, 0.1) is 11.4 Å². The fraction of sp³-hybridized carbons (Fsp3) is 0.353. The summed E-state index contributed by atoms with van der Waals surface area (Å²) in [7, 11) is 0. The molecule has 0 aliphatic carbocycles. The monoisotopic (exact) mass is 300 g/mol. The van der Waals surface area contributed by atoms with E-state index in [-0.39, 0.29) is 11.8 Å². The minimum absolute atomic E-state index is 0.121. The number of benzene rings is 1. The molecular weight excluding hydrogens is 284 g/mol. The van der Waals surface area contributed by atoms with Crippen molar-refractivity contribution in [1.29, 1.82) is 0 Å². The highest BCUT2D eigenvalue weighted by molar-refractivity contribution is 6.35. The largest absolute Gasteiger partial charge is 0.361 e. The lowest BCUT2D eigenvalue weighted by atomic mass is 9.98. The molecule has 1 amide bonds. The molecule has 1 atom stereocenters. The number of piperidine rings is 1. The van der Waals surface area contributed by atoms with E-state index in [0.717, 1.165) is 35.9 Å². The molecule has 0 bridgehead atoms. The van der Waals surface area contributed by atoms with Gasteiger partial charge in [0.25, 0.3) is 0 Å². The van der Waals surface area contributed by atoms with Crippen molar-refractivity contribution in [1.82, 2.24) is 9.88 Å². The number of hydrogen-bond donors (Lipinski definition) is 1. The zero-order chi connectivity index (χ0) is 14.8. The Bertz CT molecular complexity index is 713. The van der Waals surface area contributed by atoms with E-state index in [0.29, 0.717) is 18.0 Å². The number of amides is 1. The standard InChI is InChI=1S/C17H17ClN2O/c1-2-12-5-4-8-20(11-12)16(21)9-13-10-19-15-7-3-6-14(18)17(13)15/h1,3,6-7,10,12,19H,4-5,8-9,11H2/t12-/m0/s1. The molecule has 2 aromatic rings. The lowest BCUT2D eigenvalue weighted by Gasteiger charge is -2.30. The van der Waals surface area contributed by atoms with E-state index >= 15 is 0 Å². The number of carbonyl (C=O) groups is 1. The summed E-state index contributed by atoms with van der Waals surface area (Å²) in [6.07, 6.45) is 9.71. The smallest absolute Gasteiger partial charge is 0.227 e. The predicted octanol–water partition coefficient (Wildman–Crippen LogP) is 3.24. The van der Waals surface area contributed by atoms with E-state index < -0.39 is 0 Å². The number of nitrogens with zero attached hydrogens (tertiary/aromatic N) is 1. The SMILES string of the molecule is C#C[C@H]1CCCN(C(=O)Cc2c[nH]c3cccc(Cl)c23)C1. The van der Waals surface area contributed by atoms with Gasteiger partial charge in [-0.25, -0.2) is 0 Å². The van der Waals surface area contributed by atoms with Gasteiger partial charge < -0.3 is 9.88 Å². The molecule has 0 unspecified atom stereocenters. The van der Waals surface area contributed by atoms with Crippen molar-refractivity contribution in [2.75, 3.05) is 13.1 Å². The highest BCUT2D eigenvalue weighted by Gasteiger charge is 2.23. The van der Waals surface area contributed by atoms with Crippen LogP contribution in [0, 0.1) is 18.3 Å². The Morgan fingerprint density at radius 1 is 1.52 bits per heavy atom. The summed E-state index contributed by atoms with van der Waals surface area (Å²) in [6.45, 7) is 1.47. The Morgan fingerprint density at radius 2 is 2.38 bits per heavy atom. The summed E-state index contributed by atoms with van der Waals surface area (Å²) in [5, 5.41) is 1.62. The molecule has 1 saturated heterocycles. The zero-order valence-corrected chi connectivity index (χ0v) is 12.5. The normalized spacial score (nSPS) is 18.7. The number of likely N-dealkylation sites (tertiary alicyclic amines) is 1. The molecule has 108 valence electrons. The number of hydrogen-bond acceptors (Lipinski definition) is 1. The maximum Gasteiger partial charge on any atom is 0.227 e. The van der Waals surface area contributed by atoms with Crippen LogP contribution in [0.2, 0.25) is 5.02 Å². The number of aromatic amines is 1. The third-order valence-electron chi connectivity index (χ3n) is 4.09. The topological polar surface area (TPSA) is 36.1 Å². The average Bonchev–Trinajstić information content (AvgIpc) is 2.92. The first-order valence-corrected chi connectivity index (χ1v) is 7.55. The van der Waals surface area contributed by atoms with Crippen molar-refractivity contribution in [3.8, 4) is 12.3 Å². The Morgan fingerprint density at radius 3 is 3.19 bits per heavy atom. The van der Waals surface area contributed by atoms with E-state index in [9.17, 15) is 4.79 Å². The molecule has 1 aromatic carbocycles.